The van der Waals surface area contributed by atoms with E-state index in [1.54, 1.807) is 0 Å². The lowest BCUT2D eigenvalue weighted by Crippen LogP contribution is -2.63. The highest BCUT2D eigenvalue weighted by Crippen LogP contribution is 2.40. The first-order valence-corrected chi connectivity index (χ1v) is 6.54. The number of hydrogen-bond acceptors (Lipinski definition) is 4. The van der Waals surface area contributed by atoms with Crippen molar-refractivity contribution in [2.45, 2.75) is 65.1 Å². The number of aliphatic hydroxyl groups excluding tert-OH is 1. The summed E-state index contributed by atoms with van der Waals surface area (Å²) in [4.78, 5) is 11.8. The minimum Gasteiger partial charge on any atom is -0.465 e. The van der Waals surface area contributed by atoms with Gasteiger partial charge in [-0.3, -0.25) is 4.79 Å². The van der Waals surface area contributed by atoms with E-state index in [0.717, 1.165) is 12.8 Å². The zero-order valence-electron chi connectivity index (χ0n) is 11.3. The van der Waals surface area contributed by atoms with Crippen LogP contribution < -0.4 is 5.32 Å². The third-order valence-corrected chi connectivity index (χ3v) is 3.77. The largest absolute Gasteiger partial charge is 0.465 e. The lowest BCUT2D eigenvalue weighted by molar-refractivity contribution is -0.148. The first-order chi connectivity index (χ1) is 7.93. The second-order valence-electron chi connectivity index (χ2n) is 5.39. The predicted octanol–water partition coefficient (Wildman–Crippen LogP) is 1.47. The van der Waals surface area contributed by atoms with E-state index in [2.05, 4.69) is 12.2 Å². The van der Waals surface area contributed by atoms with Crippen LogP contribution in [-0.2, 0) is 9.53 Å². The maximum Gasteiger partial charge on any atom is 0.323 e. The van der Waals surface area contributed by atoms with E-state index < -0.39 is 0 Å². The molecule has 0 aromatic carbocycles. The molecule has 1 aliphatic rings. The molecular weight excluding hydrogens is 218 g/mol. The van der Waals surface area contributed by atoms with Gasteiger partial charge in [-0.25, -0.2) is 0 Å². The third kappa shape index (κ3) is 3.19. The van der Waals surface area contributed by atoms with Crippen LogP contribution in [0.2, 0.25) is 0 Å². The van der Waals surface area contributed by atoms with Crippen LogP contribution in [-0.4, -0.2) is 35.9 Å². The first kappa shape index (κ1) is 14.5. The molecular formula is C13H25NO3. The molecule has 1 saturated carbocycles. The van der Waals surface area contributed by atoms with Gasteiger partial charge in [-0.1, -0.05) is 27.2 Å². The molecule has 4 heteroatoms. The molecule has 0 aliphatic heterocycles. The Balaban J connectivity index is 2.53. The molecule has 0 amide bonds. The number of esters is 1. The van der Waals surface area contributed by atoms with Gasteiger partial charge in [0.25, 0.3) is 0 Å². The normalized spacial score (nSPS) is 28.3. The maximum atomic E-state index is 11.8. The number of carbonyl (C=O) groups excluding carboxylic acids is 1. The van der Waals surface area contributed by atoms with Gasteiger partial charge in [0.15, 0.2) is 0 Å². The van der Waals surface area contributed by atoms with Gasteiger partial charge in [-0.2, -0.15) is 0 Å². The molecule has 3 unspecified atom stereocenters. The van der Waals surface area contributed by atoms with Crippen molar-refractivity contribution in [3.8, 4) is 0 Å². The summed E-state index contributed by atoms with van der Waals surface area (Å²) in [7, 11) is 0. The van der Waals surface area contributed by atoms with Crippen molar-refractivity contribution in [3.05, 3.63) is 0 Å². The van der Waals surface area contributed by atoms with Crippen LogP contribution in [0.1, 0.15) is 47.0 Å². The summed E-state index contributed by atoms with van der Waals surface area (Å²) in [5.41, 5.74) is -0.154. The van der Waals surface area contributed by atoms with E-state index in [9.17, 15) is 9.90 Å². The van der Waals surface area contributed by atoms with Gasteiger partial charge >= 0.3 is 5.97 Å². The second-order valence-corrected chi connectivity index (χ2v) is 5.39. The Morgan fingerprint density at radius 2 is 2.18 bits per heavy atom. The highest BCUT2D eigenvalue weighted by molar-refractivity contribution is 5.75. The summed E-state index contributed by atoms with van der Waals surface area (Å²) in [5, 5.41) is 13.0. The average Bonchev–Trinajstić information content (AvgIpc) is 2.27. The van der Waals surface area contributed by atoms with Crippen LogP contribution in [0.3, 0.4) is 0 Å². The van der Waals surface area contributed by atoms with Gasteiger partial charge in [-0.15, -0.1) is 0 Å². The molecule has 0 aromatic rings. The fourth-order valence-electron chi connectivity index (χ4n) is 2.23. The molecule has 1 aliphatic carbocycles. The van der Waals surface area contributed by atoms with Crippen LogP contribution in [0.4, 0.5) is 0 Å². The highest BCUT2D eigenvalue weighted by Gasteiger charge is 2.48. The van der Waals surface area contributed by atoms with Gasteiger partial charge in [0.05, 0.1) is 12.7 Å². The molecule has 0 spiro atoms. The van der Waals surface area contributed by atoms with Crippen molar-refractivity contribution in [2.24, 2.45) is 5.41 Å². The van der Waals surface area contributed by atoms with Crippen molar-refractivity contribution in [1.82, 2.24) is 5.32 Å². The molecule has 0 radical (unpaired) electrons. The van der Waals surface area contributed by atoms with Crippen molar-refractivity contribution >= 4 is 5.97 Å². The Labute approximate surface area is 104 Å². The fraction of sp³-hybridized carbons (Fsp3) is 0.923. The molecule has 17 heavy (non-hydrogen) atoms. The smallest absolute Gasteiger partial charge is 0.323 e. The lowest BCUT2D eigenvalue weighted by Gasteiger charge is -2.50. The van der Waals surface area contributed by atoms with Gasteiger partial charge < -0.3 is 15.2 Å². The molecule has 0 bridgehead atoms. The van der Waals surface area contributed by atoms with Crippen LogP contribution >= 0.6 is 0 Å². The van der Waals surface area contributed by atoms with Gasteiger partial charge in [-0.05, 0) is 19.8 Å². The van der Waals surface area contributed by atoms with Crippen molar-refractivity contribution in [3.63, 3.8) is 0 Å². The summed E-state index contributed by atoms with van der Waals surface area (Å²) in [6.45, 7) is 8.32. The predicted molar refractivity (Wildman–Crippen MR) is 66.7 cm³/mol. The van der Waals surface area contributed by atoms with Gasteiger partial charge in [0.1, 0.15) is 6.04 Å². The summed E-state index contributed by atoms with van der Waals surface area (Å²) in [5.74, 6) is -0.175. The Morgan fingerprint density at radius 1 is 1.53 bits per heavy atom. The summed E-state index contributed by atoms with van der Waals surface area (Å²) < 4.78 is 5.06. The van der Waals surface area contributed by atoms with Crippen LogP contribution in [0.25, 0.3) is 0 Å². The average molecular weight is 243 g/mol. The summed E-state index contributed by atoms with van der Waals surface area (Å²) in [6, 6.07) is -0.0461. The summed E-state index contributed by atoms with van der Waals surface area (Å²) in [6.07, 6.45) is 2.16. The van der Waals surface area contributed by atoms with Gasteiger partial charge in [0, 0.05) is 11.5 Å². The maximum absolute atomic E-state index is 11.8. The Hall–Kier alpha value is -0.610. The molecule has 1 rings (SSSR count). The quantitative estimate of drug-likeness (QED) is 0.694. The SMILES string of the molecule is CCCC(NC1CC(O)C1(C)C)C(=O)OCC. The zero-order valence-corrected chi connectivity index (χ0v) is 11.3. The highest BCUT2D eigenvalue weighted by atomic mass is 16.5. The van der Waals surface area contributed by atoms with Crippen LogP contribution in [0.5, 0.6) is 0 Å². The second kappa shape index (κ2) is 5.83. The van der Waals surface area contributed by atoms with Crippen molar-refractivity contribution in [2.75, 3.05) is 6.61 Å². The first-order valence-electron chi connectivity index (χ1n) is 6.54. The zero-order chi connectivity index (χ0) is 13.1. The van der Waals surface area contributed by atoms with E-state index in [1.807, 2.05) is 20.8 Å². The topological polar surface area (TPSA) is 58.6 Å². The summed E-state index contributed by atoms with van der Waals surface area (Å²) >= 11 is 0. The van der Waals surface area contributed by atoms with Crippen molar-refractivity contribution in [1.29, 1.82) is 0 Å². The molecule has 2 N–H and O–H groups in total. The van der Waals surface area contributed by atoms with Crippen LogP contribution in [0.15, 0.2) is 0 Å². The molecule has 100 valence electrons. The minimum absolute atomic E-state index is 0.154. The fourth-order valence-corrected chi connectivity index (χ4v) is 2.23. The number of nitrogens with one attached hydrogen (secondary N) is 1. The molecule has 3 atom stereocenters. The standard InChI is InChI=1S/C13H25NO3/c1-5-7-9(12(16)17-6-2)14-10-8-11(15)13(10,3)4/h9-11,14-15H,5-8H2,1-4H3. The molecule has 1 fully saturated rings. The Kier molecular flexibility index (Phi) is 4.95. The van der Waals surface area contributed by atoms with Crippen LogP contribution in [0, 0.1) is 5.41 Å². The number of ether oxygens (including phenoxy) is 1. The Morgan fingerprint density at radius 3 is 2.59 bits per heavy atom. The molecule has 0 aromatic heterocycles. The van der Waals surface area contributed by atoms with E-state index in [0.29, 0.717) is 13.0 Å². The number of hydrogen-bond donors (Lipinski definition) is 2. The molecule has 0 heterocycles. The number of aliphatic hydroxyl groups is 1. The van der Waals surface area contributed by atoms with E-state index in [1.165, 1.54) is 0 Å². The van der Waals surface area contributed by atoms with E-state index >= 15 is 0 Å². The monoisotopic (exact) mass is 243 g/mol. The lowest BCUT2D eigenvalue weighted by atomic mass is 9.64. The molecule has 0 saturated heterocycles. The minimum atomic E-state index is -0.274. The molecule has 4 nitrogen and oxygen atoms in total. The number of carbonyl (C=O) groups is 1. The third-order valence-electron chi connectivity index (χ3n) is 3.77. The van der Waals surface area contributed by atoms with E-state index in [-0.39, 0.29) is 29.6 Å². The van der Waals surface area contributed by atoms with Gasteiger partial charge in [0.2, 0.25) is 0 Å². The Bertz CT molecular complexity index is 265. The van der Waals surface area contributed by atoms with Crippen molar-refractivity contribution < 1.29 is 14.6 Å². The van der Waals surface area contributed by atoms with E-state index in [4.69, 9.17) is 4.74 Å². The number of rotatable bonds is 6.